The Morgan fingerprint density at radius 3 is 2.96 bits per heavy atom. The van der Waals surface area contributed by atoms with E-state index in [0.717, 1.165) is 11.0 Å². The van der Waals surface area contributed by atoms with Crippen molar-refractivity contribution >= 4 is 34.4 Å². The Morgan fingerprint density at radius 2 is 2.08 bits per heavy atom. The van der Waals surface area contributed by atoms with Gasteiger partial charge in [-0.3, -0.25) is 19.9 Å². The van der Waals surface area contributed by atoms with Crippen LogP contribution in [0.5, 0.6) is 0 Å². The number of benzene rings is 2. The number of aromatic nitrogens is 4. The Labute approximate surface area is 140 Å². The molecule has 0 atom stereocenters. The summed E-state index contributed by atoms with van der Waals surface area (Å²) in [6, 6.07) is 13.8. The zero-order valence-electron chi connectivity index (χ0n) is 12.8. The number of hydrazone groups is 1. The summed E-state index contributed by atoms with van der Waals surface area (Å²) >= 11 is 0. The second kappa shape index (κ2) is 5.96. The molecule has 0 radical (unpaired) electrons. The van der Waals surface area contributed by atoms with Crippen molar-refractivity contribution in [2.75, 3.05) is 5.43 Å². The molecule has 2 aromatic heterocycles. The molecule has 4 aromatic rings. The van der Waals surface area contributed by atoms with Crippen LogP contribution in [0.1, 0.15) is 5.56 Å². The van der Waals surface area contributed by atoms with Crippen molar-refractivity contribution in [3.05, 3.63) is 70.5 Å². The lowest BCUT2D eigenvalue weighted by Gasteiger charge is -2.05. The Hall–Kier alpha value is -3.88. The van der Waals surface area contributed by atoms with E-state index in [9.17, 15) is 10.1 Å². The Bertz CT molecular complexity index is 1120. The van der Waals surface area contributed by atoms with Crippen LogP contribution in [0.15, 0.2) is 60.0 Å². The van der Waals surface area contributed by atoms with Gasteiger partial charge < -0.3 is 0 Å². The molecule has 0 aliphatic rings. The Balaban J connectivity index is 1.67. The van der Waals surface area contributed by atoms with Gasteiger partial charge in [0.25, 0.3) is 5.69 Å². The van der Waals surface area contributed by atoms with Crippen LogP contribution in [0.3, 0.4) is 0 Å². The van der Waals surface area contributed by atoms with Crippen LogP contribution >= 0.6 is 0 Å². The third kappa shape index (κ3) is 2.74. The summed E-state index contributed by atoms with van der Waals surface area (Å²) in [6.45, 7) is 0. The molecule has 0 saturated carbocycles. The number of anilines is 1. The summed E-state index contributed by atoms with van der Waals surface area (Å²) in [7, 11) is 0. The highest BCUT2D eigenvalue weighted by Gasteiger charge is 2.09. The number of non-ortho nitro benzene ring substituents is 1. The number of rotatable bonds is 4. The molecule has 0 fully saturated rings. The minimum absolute atomic E-state index is 0.00706. The first-order valence-corrected chi connectivity index (χ1v) is 7.34. The van der Waals surface area contributed by atoms with Crippen molar-refractivity contribution in [3.63, 3.8) is 0 Å². The third-order valence-corrected chi connectivity index (χ3v) is 3.60. The predicted molar refractivity (Wildman–Crippen MR) is 92.6 cm³/mol. The molecule has 1 N–H and O–H groups in total. The quantitative estimate of drug-likeness (QED) is 0.349. The van der Waals surface area contributed by atoms with E-state index in [2.05, 4.69) is 25.7 Å². The maximum absolute atomic E-state index is 10.8. The average molecular weight is 333 g/mol. The van der Waals surface area contributed by atoms with E-state index >= 15 is 0 Å². The van der Waals surface area contributed by atoms with Gasteiger partial charge >= 0.3 is 0 Å². The number of para-hydroxylation sites is 2. The molecule has 9 heteroatoms. The lowest BCUT2D eigenvalue weighted by Crippen LogP contribution is -2.00. The molecule has 0 spiro atoms. The molecule has 4 rings (SSSR count). The number of nitrogens with zero attached hydrogens (tertiary/aromatic N) is 6. The van der Waals surface area contributed by atoms with Crippen molar-refractivity contribution in [2.45, 2.75) is 0 Å². The van der Waals surface area contributed by atoms with Crippen LogP contribution in [-0.4, -0.2) is 30.7 Å². The van der Waals surface area contributed by atoms with Gasteiger partial charge in [-0.1, -0.05) is 24.3 Å². The van der Waals surface area contributed by atoms with Crippen molar-refractivity contribution in [1.82, 2.24) is 19.6 Å². The summed E-state index contributed by atoms with van der Waals surface area (Å²) < 4.78 is 1.81. The first kappa shape index (κ1) is 14.7. The second-order valence-electron chi connectivity index (χ2n) is 5.20. The van der Waals surface area contributed by atoms with Gasteiger partial charge in [0.1, 0.15) is 6.33 Å². The summed E-state index contributed by atoms with van der Waals surface area (Å²) in [6.07, 6.45) is 3.09. The van der Waals surface area contributed by atoms with E-state index in [-0.39, 0.29) is 5.69 Å². The van der Waals surface area contributed by atoms with Crippen molar-refractivity contribution < 1.29 is 4.92 Å². The smallest absolute Gasteiger partial charge is 0.270 e. The van der Waals surface area contributed by atoms with Crippen molar-refractivity contribution in [2.24, 2.45) is 5.10 Å². The fraction of sp³-hybridized carbons (Fsp3) is 0. The largest absolute Gasteiger partial charge is 0.277 e. The molecule has 0 bridgehead atoms. The van der Waals surface area contributed by atoms with Gasteiger partial charge in [0.15, 0.2) is 5.82 Å². The lowest BCUT2D eigenvalue weighted by molar-refractivity contribution is -0.384. The van der Waals surface area contributed by atoms with E-state index < -0.39 is 4.92 Å². The zero-order chi connectivity index (χ0) is 17.2. The van der Waals surface area contributed by atoms with E-state index in [4.69, 9.17) is 0 Å². The van der Waals surface area contributed by atoms with E-state index in [0.29, 0.717) is 17.0 Å². The SMILES string of the molecule is O=[N+]([O-])c1cccc(/C=N/Nc2nc3ccccc3n3cnnc23)c1. The van der Waals surface area contributed by atoms with Crippen LogP contribution in [0.25, 0.3) is 16.7 Å². The molecule has 9 nitrogen and oxygen atoms in total. The lowest BCUT2D eigenvalue weighted by atomic mass is 10.2. The van der Waals surface area contributed by atoms with Gasteiger partial charge in [-0.05, 0) is 12.1 Å². The van der Waals surface area contributed by atoms with Gasteiger partial charge in [0, 0.05) is 17.7 Å². The molecule has 0 aliphatic heterocycles. The molecular weight excluding hydrogens is 322 g/mol. The number of fused-ring (bicyclic) bond motifs is 3. The number of hydrogen-bond donors (Lipinski definition) is 1. The van der Waals surface area contributed by atoms with Crippen molar-refractivity contribution in [1.29, 1.82) is 0 Å². The van der Waals surface area contributed by atoms with Crippen LogP contribution in [0.2, 0.25) is 0 Å². The van der Waals surface area contributed by atoms with Gasteiger partial charge in [-0.15, -0.1) is 10.2 Å². The molecule has 0 aliphatic carbocycles. The first-order chi connectivity index (χ1) is 12.2. The van der Waals surface area contributed by atoms with Crippen LogP contribution in [-0.2, 0) is 0 Å². The van der Waals surface area contributed by atoms with E-state index in [1.54, 1.807) is 18.5 Å². The summed E-state index contributed by atoms with van der Waals surface area (Å²) in [5, 5.41) is 22.9. The van der Waals surface area contributed by atoms with Gasteiger partial charge in [-0.25, -0.2) is 4.98 Å². The van der Waals surface area contributed by atoms with Crippen LogP contribution in [0, 0.1) is 10.1 Å². The number of nitro groups is 1. The summed E-state index contributed by atoms with van der Waals surface area (Å²) in [5.74, 6) is 0.442. The number of nitro benzene ring substituents is 1. The molecule has 0 amide bonds. The molecular formula is C16H11N7O2. The fourth-order valence-corrected chi connectivity index (χ4v) is 2.47. The zero-order valence-corrected chi connectivity index (χ0v) is 12.8. The maximum atomic E-state index is 10.8. The first-order valence-electron chi connectivity index (χ1n) is 7.34. The van der Waals surface area contributed by atoms with Gasteiger partial charge in [0.2, 0.25) is 5.65 Å². The Kier molecular flexibility index (Phi) is 3.51. The molecule has 0 saturated heterocycles. The molecule has 25 heavy (non-hydrogen) atoms. The third-order valence-electron chi connectivity index (χ3n) is 3.60. The van der Waals surface area contributed by atoms with E-state index in [1.165, 1.54) is 18.3 Å². The number of nitrogens with one attached hydrogen (secondary N) is 1. The summed E-state index contributed by atoms with van der Waals surface area (Å²) in [4.78, 5) is 14.9. The minimum atomic E-state index is -0.449. The predicted octanol–water partition coefficient (Wildman–Crippen LogP) is 2.63. The second-order valence-corrected chi connectivity index (χ2v) is 5.20. The van der Waals surface area contributed by atoms with Gasteiger partial charge in [-0.2, -0.15) is 5.10 Å². The minimum Gasteiger partial charge on any atom is -0.277 e. The highest BCUT2D eigenvalue weighted by molar-refractivity contribution is 5.84. The summed E-state index contributed by atoms with van der Waals surface area (Å²) in [5.41, 5.74) is 5.62. The maximum Gasteiger partial charge on any atom is 0.270 e. The Morgan fingerprint density at radius 1 is 1.20 bits per heavy atom. The molecule has 122 valence electrons. The standard InChI is InChI=1S/C16H11N7O2/c24-23(25)12-5-3-4-11(8-12)9-17-20-15-16-21-18-10-22(16)14-7-2-1-6-13(14)19-15/h1-10H,(H,19,20)/b17-9+. The monoisotopic (exact) mass is 333 g/mol. The molecule has 0 unspecified atom stereocenters. The van der Waals surface area contributed by atoms with Crippen LogP contribution < -0.4 is 5.43 Å². The molecule has 2 aromatic carbocycles. The van der Waals surface area contributed by atoms with Gasteiger partial charge in [0.05, 0.1) is 22.2 Å². The van der Waals surface area contributed by atoms with Crippen molar-refractivity contribution in [3.8, 4) is 0 Å². The number of hydrogen-bond acceptors (Lipinski definition) is 7. The highest BCUT2D eigenvalue weighted by Crippen LogP contribution is 2.19. The average Bonchev–Trinajstić information content (AvgIpc) is 3.12. The topological polar surface area (TPSA) is 111 Å². The van der Waals surface area contributed by atoms with E-state index in [1.807, 2.05) is 28.7 Å². The normalized spacial score (nSPS) is 11.4. The van der Waals surface area contributed by atoms with Crippen LogP contribution in [0.4, 0.5) is 11.5 Å². The molecule has 2 heterocycles. The highest BCUT2D eigenvalue weighted by atomic mass is 16.6. The fourth-order valence-electron chi connectivity index (χ4n) is 2.47.